The molecule has 2 aliphatic rings. The van der Waals surface area contributed by atoms with Gasteiger partial charge in [0.05, 0.1) is 22.3 Å². The van der Waals surface area contributed by atoms with Crippen LogP contribution in [0.2, 0.25) is 0 Å². The fourth-order valence-corrected chi connectivity index (χ4v) is 5.43. The molecule has 0 radical (unpaired) electrons. The second-order valence-electron chi connectivity index (χ2n) is 8.61. The van der Waals surface area contributed by atoms with Crippen molar-refractivity contribution in [2.75, 3.05) is 24.6 Å². The summed E-state index contributed by atoms with van der Waals surface area (Å²) >= 11 is 0.886. The quantitative estimate of drug-likeness (QED) is 0.496. The first kappa shape index (κ1) is 21.4. The number of hydrogen-bond donors (Lipinski definition) is 1. The van der Waals surface area contributed by atoms with Crippen molar-refractivity contribution in [2.24, 2.45) is 12.5 Å². The lowest BCUT2D eigenvalue weighted by Crippen LogP contribution is -2.57. The molecule has 1 N–H and O–H groups in total. The molecular weight excluding hydrogens is 479 g/mol. The van der Waals surface area contributed by atoms with Crippen molar-refractivity contribution in [3.63, 3.8) is 0 Å². The van der Waals surface area contributed by atoms with Crippen molar-refractivity contribution in [3.05, 3.63) is 20.1 Å². The van der Waals surface area contributed by atoms with Crippen LogP contribution in [0.3, 0.4) is 0 Å². The van der Waals surface area contributed by atoms with E-state index in [1.54, 1.807) is 17.8 Å². The Balaban J connectivity index is 1.75. The zero-order valence-corrected chi connectivity index (χ0v) is 19.6. The molecule has 1 aromatic rings. The molecule has 2 aliphatic heterocycles. The van der Waals surface area contributed by atoms with Gasteiger partial charge in [-0.05, 0) is 63.1 Å². The molecule has 0 unspecified atom stereocenters. The van der Waals surface area contributed by atoms with E-state index in [1.807, 2.05) is 43.4 Å². The highest BCUT2D eigenvalue weighted by atomic mass is 127. The maximum Gasteiger partial charge on any atom is 0.268 e. The highest BCUT2D eigenvalue weighted by molar-refractivity contribution is 14.1. The molecule has 2 saturated heterocycles. The van der Waals surface area contributed by atoms with Crippen LogP contribution in [-0.2, 0) is 23.1 Å². The normalized spacial score (nSPS) is 26.6. The summed E-state index contributed by atoms with van der Waals surface area (Å²) in [7, 11) is 1.77. The largest absolute Gasteiger partial charge is 0.598 e. The van der Waals surface area contributed by atoms with Gasteiger partial charge in [0.25, 0.3) is 5.56 Å². The molecule has 0 aliphatic carbocycles. The molecule has 3 heterocycles. The van der Waals surface area contributed by atoms with Gasteiger partial charge in [-0.15, -0.1) is 4.72 Å². The van der Waals surface area contributed by atoms with Crippen LogP contribution in [0.25, 0.3) is 0 Å². The molecule has 0 amide bonds. The van der Waals surface area contributed by atoms with Gasteiger partial charge < -0.3 is 14.2 Å². The third-order valence-corrected chi connectivity index (χ3v) is 8.02. The Morgan fingerprint density at radius 3 is 2.63 bits per heavy atom. The molecule has 152 valence electrons. The van der Waals surface area contributed by atoms with E-state index in [0.29, 0.717) is 16.1 Å². The Morgan fingerprint density at radius 2 is 2.04 bits per heavy atom. The zero-order chi connectivity index (χ0) is 20.0. The third kappa shape index (κ3) is 4.17. The van der Waals surface area contributed by atoms with E-state index in [2.05, 4.69) is 21.5 Å². The molecule has 3 atom stereocenters. The van der Waals surface area contributed by atoms with E-state index in [-0.39, 0.29) is 27.9 Å². The molecule has 1 spiro atoms. The molecule has 9 heteroatoms. The van der Waals surface area contributed by atoms with Gasteiger partial charge in [0, 0.05) is 43.1 Å². The monoisotopic (exact) mass is 508 g/mol. The van der Waals surface area contributed by atoms with Gasteiger partial charge in [0.15, 0.2) is 0 Å². The predicted octanol–water partition coefficient (Wildman–Crippen LogP) is 1.81. The predicted molar refractivity (Wildman–Crippen MR) is 116 cm³/mol. The number of rotatable bonds is 3. The molecule has 0 aromatic carbocycles. The molecular formula is C18H29IN4O3S. The smallest absolute Gasteiger partial charge is 0.268 e. The maximum atomic E-state index is 12.7. The summed E-state index contributed by atoms with van der Waals surface area (Å²) in [4.78, 5) is 18.9. The van der Waals surface area contributed by atoms with Gasteiger partial charge in [-0.2, -0.15) is 0 Å². The number of ether oxygens (including phenoxy) is 1. The van der Waals surface area contributed by atoms with Crippen LogP contribution in [-0.4, -0.2) is 50.7 Å². The number of anilines is 1. The fraction of sp³-hybridized carbons (Fsp3) is 0.778. The van der Waals surface area contributed by atoms with Crippen molar-refractivity contribution in [1.82, 2.24) is 14.3 Å². The topological polar surface area (TPSA) is 82.5 Å². The zero-order valence-electron chi connectivity index (χ0n) is 16.6. The summed E-state index contributed by atoms with van der Waals surface area (Å²) in [5.41, 5.74) is -0.0438. The highest BCUT2D eigenvalue weighted by Crippen LogP contribution is 2.43. The van der Waals surface area contributed by atoms with Crippen molar-refractivity contribution in [2.45, 2.75) is 57.4 Å². The van der Waals surface area contributed by atoms with Gasteiger partial charge in [-0.3, -0.25) is 9.36 Å². The molecule has 0 bridgehead atoms. The Bertz CT molecular complexity index is 743. The van der Waals surface area contributed by atoms with E-state index in [1.165, 1.54) is 0 Å². The summed E-state index contributed by atoms with van der Waals surface area (Å²) < 4.78 is 24.0. The first-order chi connectivity index (χ1) is 12.5. The maximum absolute atomic E-state index is 12.7. The van der Waals surface area contributed by atoms with E-state index in [0.717, 1.165) is 25.9 Å². The first-order valence-corrected chi connectivity index (χ1v) is 11.5. The average Bonchev–Trinajstić information content (AvgIpc) is 2.90. The lowest BCUT2D eigenvalue weighted by molar-refractivity contribution is 0.0972. The van der Waals surface area contributed by atoms with Crippen LogP contribution in [0.5, 0.6) is 0 Å². The summed E-state index contributed by atoms with van der Waals surface area (Å²) in [6.07, 6.45) is 3.50. The molecule has 1 aromatic heterocycles. The summed E-state index contributed by atoms with van der Waals surface area (Å²) in [6, 6.07) is 0.0632. The summed E-state index contributed by atoms with van der Waals surface area (Å²) in [5, 5.41) is 0. The number of aromatic nitrogens is 2. The van der Waals surface area contributed by atoms with E-state index in [4.69, 9.17) is 4.74 Å². The van der Waals surface area contributed by atoms with Gasteiger partial charge in [0.1, 0.15) is 4.75 Å². The number of halogens is 1. The Labute approximate surface area is 177 Å². The van der Waals surface area contributed by atoms with Crippen molar-refractivity contribution >= 4 is 39.9 Å². The lowest BCUT2D eigenvalue weighted by Gasteiger charge is -2.43. The molecule has 7 nitrogen and oxygen atoms in total. The fourth-order valence-electron chi connectivity index (χ4n) is 3.90. The first-order valence-electron chi connectivity index (χ1n) is 9.31. The van der Waals surface area contributed by atoms with Crippen LogP contribution < -0.4 is 15.2 Å². The lowest BCUT2D eigenvalue weighted by atomic mass is 9.73. The van der Waals surface area contributed by atoms with Crippen LogP contribution in [0.1, 0.15) is 40.5 Å². The Kier molecular flexibility index (Phi) is 6.18. The third-order valence-electron chi connectivity index (χ3n) is 5.70. The van der Waals surface area contributed by atoms with Crippen LogP contribution in [0.4, 0.5) is 5.95 Å². The Morgan fingerprint density at radius 1 is 1.41 bits per heavy atom. The molecule has 2 fully saturated rings. The number of nitrogens with zero attached hydrogens (tertiary/aromatic N) is 3. The van der Waals surface area contributed by atoms with Gasteiger partial charge in [-0.25, -0.2) is 4.98 Å². The van der Waals surface area contributed by atoms with Gasteiger partial charge >= 0.3 is 0 Å². The van der Waals surface area contributed by atoms with Crippen molar-refractivity contribution in [3.8, 4) is 0 Å². The van der Waals surface area contributed by atoms with Crippen LogP contribution >= 0.6 is 22.6 Å². The highest BCUT2D eigenvalue weighted by Gasteiger charge is 2.52. The van der Waals surface area contributed by atoms with Gasteiger partial charge in [0.2, 0.25) is 5.95 Å². The van der Waals surface area contributed by atoms with E-state index < -0.39 is 11.4 Å². The van der Waals surface area contributed by atoms with Crippen molar-refractivity contribution < 1.29 is 9.29 Å². The van der Waals surface area contributed by atoms with Crippen molar-refractivity contribution in [1.29, 1.82) is 0 Å². The minimum Gasteiger partial charge on any atom is -0.598 e. The number of nitrogens with one attached hydrogen (secondary N) is 1. The van der Waals surface area contributed by atoms with E-state index >= 15 is 0 Å². The summed E-state index contributed by atoms with van der Waals surface area (Å²) in [6.45, 7) is 10.3. The van der Waals surface area contributed by atoms with Gasteiger partial charge in [-0.1, -0.05) is 0 Å². The van der Waals surface area contributed by atoms with E-state index in [9.17, 15) is 9.35 Å². The second kappa shape index (κ2) is 7.81. The molecule has 27 heavy (non-hydrogen) atoms. The summed E-state index contributed by atoms with van der Waals surface area (Å²) in [5.74, 6) is 0.713. The minimum absolute atomic E-state index is 0.0150. The SMILES string of the molecule is C[C@@H]1OCC2(CCN(c3ncc(I)c(=O)n3C)CC2)[C@@H]1N[S@+]([O-])C(C)(C)C. The number of piperidine rings is 1. The minimum atomic E-state index is -1.13. The Hall–Kier alpha value is -0.360. The standard InChI is InChI=1S/C18H29IN4O3S/c1-12-14(21-27(25)17(2,3)4)18(11-26-12)6-8-23(9-7-18)16-20-10-13(19)15(24)22(16)5/h10,12,14,21H,6-9,11H2,1-5H3/t12-,14+,27+/m0/s1. The second-order valence-corrected chi connectivity index (χ2v) is 11.8. The molecule has 0 saturated carbocycles. The molecule has 3 rings (SSSR count). The number of hydrogen-bond acceptors (Lipinski definition) is 6. The average molecular weight is 508 g/mol. The van der Waals surface area contributed by atoms with Crippen LogP contribution in [0.15, 0.2) is 11.0 Å². The van der Waals surface area contributed by atoms with Crippen LogP contribution in [0, 0.1) is 8.99 Å².